The number of phenolic OH excluding ortho intramolecular Hbond substituents is 1. The summed E-state index contributed by atoms with van der Waals surface area (Å²) in [4.78, 5) is 24.2. The molecule has 7 aromatic carbocycles. The topological polar surface area (TPSA) is 311 Å². The average molecular weight is 994 g/mol. The Labute approximate surface area is 398 Å². The lowest BCUT2D eigenvalue weighted by atomic mass is 10.1. The Morgan fingerprint density at radius 1 is 0.681 bits per heavy atom. The first-order valence-corrected chi connectivity index (χ1v) is 22.9. The second kappa shape index (κ2) is 20.8. The van der Waals surface area contributed by atoms with Crippen LogP contribution in [0.2, 0.25) is 0 Å². The number of azo groups is 2. The Balaban J connectivity index is 0.977. The minimum Gasteiger partial charge on any atom is -0.505 e. The van der Waals surface area contributed by atoms with Gasteiger partial charge in [0, 0.05) is 44.5 Å². The van der Waals surface area contributed by atoms with Gasteiger partial charge in [-0.25, -0.2) is 10.5 Å². The number of anilines is 3. The van der Waals surface area contributed by atoms with Crippen molar-refractivity contribution in [2.24, 2.45) is 20.5 Å². The molecule has 0 saturated carbocycles. The first-order valence-electron chi connectivity index (χ1n) is 20.0. The molecule has 0 radical (unpaired) electrons. The van der Waals surface area contributed by atoms with Crippen molar-refractivity contribution in [2.45, 2.75) is 41.4 Å². The van der Waals surface area contributed by atoms with E-state index in [4.69, 9.17) is 20.0 Å². The molecule has 352 valence electrons. The van der Waals surface area contributed by atoms with E-state index in [1.54, 1.807) is 97.1 Å². The van der Waals surface area contributed by atoms with Gasteiger partial charge < -0.3 is 20.8 Å². The molecule has 0 aliphatic carbocycles. The molecular weight excluding hydrogens is 959 g/mol. The summed E-state index contributed by atoms with van der Waals surface area (Å²) in [6.07, 6.45) is -0.416. The van der Waals surface area contributed by atoms with Gasteiger partial charge >= 0.3 is 5.97 Å². The Morgan fingerprint density at radius 3 is 2.00 bits per heavy atom. The third kappa shape index (κ3) is 11.3. The molecule has 1 aromatic heterocycles. The predicted octanol–water partition coefficient (Wildman–Crippen LogP) is 11.5. The van der Waals surface area contributed by atoms with E-state index in [2.05, 4.69) is 55.7 Å². The number of carbonyl (C=O) groups excluding carboxylic acids is 1. The molecule has 0 atom stereocenters. The third-order valence-corrected chi connectivity index (χ3v) is 12.3. The minimum atomic E-state index is -4.62. The van der Waals surface area contributed by atoms with Crippen molar-refractivity contribution in [2.75, 3.05) is 10.6 Å². The van der Waals surface area contributed by atoms with E-state index in [0.717, 1.165) is 11.1 Å². The van der Waals surface area contributed by atoms with Gasteiger partial charge in [0.05, 0.1) is 63.0 Å². The normalized spacial score (nSPS) is 12.0. The maximum atomic E-state index is 12.1. The van der Waals surface area contributed by atoms with Crippen molar-refractivity contribution >= 4 is 118 Å². The lowest BCUT2D eigenvalue weighted by Gasteiger charge is -2.12. The molecule has 25 heteroatoms. The quantitative estimate of drug-likeness (QED) is 0.0138. The molecule has 69 heavy (non-hydrogen) atoms. The second-order valence-electron chi connectivity index (χ2n) is 14.9. The van der Waals surface area contributed by atoms with Crippen molar-refractivity contribution in [3.8, 4) is 11.4 Å². The maximum Gasteiger partial charge on any atom is 0.303 e. The van der Waals surface area contributed by atoms with Gasteiger partial charge in [0.1, 0.15) is 16.7 Å². The molecule has 1 heterocycles. The summed E-state index contributed by atoms with van der Waals surface area (Å²) >= 11 is 1.14. The third-order valence-electron chi connectivity index (χ3n) is 10.2. The molecule has 0 fully saturated rings. The highest BCUT2D eigenvalue weighted by atomic mass is 32.2. The van der Waals surface area contributed by atoms with Crippen LogP contribution in [0.4, 0.5) is 39.8 Å². The largest absolute Gasteiger partial charge is 0.505 e. The molecule has 0 unspecified atom stereocenters. The highest BCUT2D eigenvalue weighted by Crippen LogP contribution is 2.45. The van der Waals surface area contributed by atoms with Crippen molar-refractivity contribution in [1.29, 1.82) is 0 Å². The molecular formula is C44H35N9O13S3. The SMILES string of the molecule is Cc1cc(N=Nc2c(SOOO)cc3cc(Nc4ccc(NC(=O)CCC(=O)O)cc4)ccc3c2O)cc(C)c1N=Nc1ccc(-n2nc3ccc4c(SOOO)cc(S(=O)(=O)O)cc4c3n2)cc1. The van der Waals surface area contributed by atoms with E-state index in [0.29, 0.717) is 96.5 Å². The standard InChI is InChI=1S/C44H35N9O13S3/c1-23-17-30(48-50-43-38(68-66-64-59)20-25-19-29(9-12-33(25)44(43)57)45-26-3-5-27(6-4-26)46-39(54)15-16-40(55)56)18-24(2)41(23)49-47-28-7-10-31(11-8-28)53-51-36-14-13-34-35(42(36)52-53)21-32(69(60,61)62)22-37(34)67-65-63-58/h3-14,17-22,45,57-59H,15-16H2,1-2H3,(H,46,54)(H,55,56)(H,60,61,62). The number of benzene rings is 7. The van der Waals surface area contributed by atoms with Crippen LogP contribution >= 0.6 is 24.1 Å². The van der Waals surface area contributed by atoms with Crippen LogP contribution in [0.3, 0.4) is 0 Å². The molecule has 22 nitrogen and oxygen atoms in total. The number of carboxylic acids is 1. The number of aromatic nitrogens is 3. The summed E-state index contributed by atoms with van der Waals surface area (Å²) in [5.41, 5.74) is 6.17. The summed E-state index contributed by atoms with van der Waals surface area (Å²) in [5, 5.41) is 79.9. The van der Waals surface area contributed by atoms with Crippen molar-refractivity contribution in [1.82, 2.24) is 15.0 Å². The fourth-order valence-electron chi connectivity index (χ4n) is 7.04. The van der Waals surface area contributed by atoms with Gasteiger partial charge in [0.25, 0.3) is 10.1 Å². The number of nitrogens with zero attached hydrogens (tertiary/aromatic N) is 7. The molecule has 8 aromatic rings. The summed E-state index contributed by atoms with van der Waals surface area (Å²) in [6, 6.07) is 29.8. The van der Waals surface area contributed by atoms with E-state index >= 15 is 0 Å². The van der Waals surface area contributed by atoms with Crippen LogP contribution in [0.1, 0.15) is 24.0 Å². The van der Waals surface area contributed by atoms with Crippen molar-refractivity contribution in [3.63, 3.8) is 0 Å². The van der Waals surface area contributed by atoms with E-state index in [1.807, 2.05) is 13.8 Å². The molecule has 7 N–H and O–H groups in total. The minimum absolute atomic E-state index is 0.0416. The van der Waals surface area contributed by atoms with Crippen LogP contribution in [-0.4, -0.2) is 60.6 Å². The number of phenols is 1. The number of carbonyl (C=O) groups is 2. The van der Waals surface area contributed by atoms with Gasteiger partial charge in [-0.3, -0.25) is 14.1 Å². The number of aliphatic carboxylic acids is 1. The Hall–Kier alpha value is -7.43. The fourth-order valence-corrected chi connectivity index (χ4v) is 8.69. The first kappa shape index (κ1) is 48.0. The number of hydrogen-bond donors (Lipinski definition) is 7. The highest BCUT2D eigenvalue weighted by molar-refractivity contribution is 7.95. The van der Waals surface area contributed by atoms with Crippen LogP contribution in [-0.2, 0) is 38.5 Å². The zero-order chi connectivity index (χ0) is 48.8. The average Bonchev–Trinajstić information content (AvgIpc) is 3.77. The number of hydrogen-bond acceptors (Lipinski definition) is 20. The number of fused-ring (bicyclic) bond motifs is 4. The maximum absolute atomic E-state index is 12.1. The number of aryl methyl sites for hydroxylation is 2. The first-order chi connectivity index (χ1) is 33.2. The van der Waals surface area contributed by atoms with E-state index in [1.165, 1.54) is 16.9 Å². The van der Waals surface area contributed by atoms with Crippen molar-refractivity contribution in [3.05, 3.63) is 120 Å². The molecule has 1 amide bonds. The van der Waals surface area contributed by atoms with Crippen molar-refractivity contribution < 1.29 is 62.0 Å². The zero-order valence-corrected chi connectivity index (χ0v) is 38.1. The summed E-state index contributed by atoms with van der Waals surface area (Å²) in [7, 11) is -4.62. The molecule has 0 aliphatic heterocycles. The monoisotopic (exact) mass is 993 g/mol. The number of rotatable bonds is 18. The van der Waals surface area contributed by atoms with Gasteiger partial charge in [-0.1, -0.05) is 16.1 Å². The molecule has 0 saturated heterocycles. The highest BCUT2D eigenvalue weighted by Gasteiger charge is 2.20. The van der Waals surface area contributed by atoms with Gasteiger partial charge in [0.15, 0.2) is 5.75 Å². The molecule has 8 rings (SSSR count). The molecule has 0 bridgehead atoms. The summed E-state index contributed by atoms with van der Waals surface area (Å²) < 4.78 is 43.1. The van der Waals surface area contributed by atoms with Crippen LogP contribution in [0, 0.1) is 13.8 Å². The van der Waals surface area contributed by atoms with Crippen LogP contribution in [0.25, 0.3) is 38.3 Å². The van der Waals surface area contributed by atoms with Gasteiger partial charge in [-0.2, -0.15) is 28.6 Å². The van der Waals surface area contributed by atoms with Crippen LogP contribution in [0.5, 0.6) is 5.75 Å². The zero-order valence-electron chi connectivity index (χ0n) is 35.7. The van der Waals surface area contributed by atoms with Crippen LogP contribution < -0.4 is 10.6 Å². The lowest BCUT2D eigenvalue weighted by molar-refractivity contribution is -0.432. The lowest BCUT2D eigenvalue weighted by Crippen LogP contribution is -2.13. The Kier molecular flexibility index (Phi) is 14.5. The molecule has 0 aliphatic rings. The predicted molar refractivity (Wildman–Crippen MR) is 253 cm³/mol. The van der Waals surface area contributed by atoms with Gasteiger partial charge in [0.2, 0.25) is 5.91 Å². The number of aromatic hydroxyl groups is 1. The fraction of sp³-hybridized carbons (Fsp3) is 0.0909. The van der Waals surface area contributed by atoms with E-state index < -0.39 is 26.9 Å². The summed E-state index contributed by atoms with van der Waals surface area (Å²) in [6.45, 7) is 3.67. The van der Waals surface area contributed by atoms with E-state index in [9.17, 15) is 27.7 Å². The summed E-state index contributed by atoms with van der Waals surface area (Å²) in [5.74, 6) is -1.69. The number of nitrogens with one attached hydrogen (secondary N) is 2. The Morgan fingerprint density at radius 2 is 1.32 bits per heavy atom. The van der Waals surface area contributed by atoms with E-state index in [-0.39, 0.29) is 34.1 Å². The van der Waals surface area contributed by atoms with Gasteiger partial charge in [-0.15, -0.1) is 24.0 Å². The number of carboxylic acid groups (broad SMARTS) is 1. The Bertz CT molecular complexity index is 3420. The smallest absolute Gasteiger partial charge is 0.303 e. The van der Waals surface area contributed by atoms with Crippen LogP contribution in [0.15, 0.2) is 144 Å². The van der Waals surface area contributed by atoms with Gasteiger partial charge in [-0.05, 0) is 133 Å². The number of amides is 1. The second-order valence-corrected chi connectivity index (χ2v) is 17.8. The molecule has 0 spiro atoms.